The number of rotatable bonds is 2. The van der Waals surface area contributed by atoms with Gasteiger partial charge in [-0.3, -0.25) is 0 Å². The molecule has 16 heavy (non-hydrogen) atoms. The second-order valence-corrected chi connectivity index (χ2v) is 4.44. The fourth-order valence-corrected chi connectivity index (χ4v) is 2.69. The van der Waals surface area contributed by atoms with Crippen LogP contribution in [0.15, 0.2) is 30.3 Å². The van der Waals surface area contributed by atoms with E-state index >= 15 is 0 Å². The monoisotopic (exact) mass is 213 g/mol. The Morgan fingerprint density at radius 1 is 1.12 bits per heavy atom. The van der Waals surface area contributed by atoms with Crippen LogP contribution in [0, 0.1) is 0 Å². The van der Waals surface area contributed by atoms with E-state index in [0.29, 0.717) is 0 Å². The summed E-state index contributed by atoms with van der Waals surface area (Å²) in [7, 11) is 0. The Labute approximate surface area is 94.7 Å². The molecule has 0 unspecified atom stereocenters. The number of aliphatic hydroxyl groups is 1. The molecule has 1 aliphatic carbocycles. The highest BCUT2D eigenvalue weighted by atomic mass is 16.3. The molecule has 0 spiro atoms. The summed E-state index contributed by atoms with van der Waals surface area (Å²) in [5.41, 5.74) is 9.82. The molecule has 0 fully saturated rings. The third-order valence-corrected chi connectivity index (χ3v) is 3.51. The van der Waals surface area contributed by atoms with Crippen molar-refractivity contribution in [3.05, 3.63) is 47.0 Å². The Morgan fingerprint density at radius 3 is 2.62 bits per heavy atom. The second kappa shape index (κ2) is 3.58. The lowest BCUT2D eigenvalue weighted by atomic mass is 9.96. The summed E-state index contributed by atoms with van der Waals surface area (Å²) in [5.74, 6) is 0. The number of nitrogens with two attached hydrogens (primary N) is 1. The summed E-state index contributed by atoms with van der Waals surface area (Å²) < 4.78 is 0. The Balaban J connectivity index is 2.33. The molecule has 0 radical (unpaired) electrons. The standard InChI is InChI=1S/C14H15NO/c15-13(8-16)11-7-6-10-5-4-9-2-1-3-12(11)14(9)10/h1-3,6-7,13,16H,4-5,8,15H2/t13-/m1/s1. The van der Waals surface area contributed by atoms with Crippen LogP contribution in [0.1, 0.15) is 22.7 Å². The maximum absolute atomic E-state index is 9.18. The van der Waals surface area contributed by atoms with E-state index in [0.717, 1.165) is 18.4 Å². The van der Waals surface area contributed by atoms with Crippen molar-refractivity contribution in [3.8, 4) is 0 Å². The number of aliphatic hydroxyl groups excluding tert-OH is 1. The van der Waals surface area contributed by atoms with E-state index in [1.165, 1.54) is 21.9 Å². The third kappa shape index (κ3) is 1.27. The smallest absolute Gasteiger partial charge is 0.0624 e. The van der Waals surface area contributed by atoms with Gasteiger partial charge >= 0.3 is 0 Å². The summed E-state index contributed by atoms with van der Waals surface area (Å²) in [5, 5.41) is 11.8. The van der Waals surface area contributed by atoms with Crippen molar-refractivity contribution in [2.75, 3.05) is 6.61 Å². The maximum Gasteiger partial charge on any atom is 0.0624 e. The molecule has 2 heteroatoms. The van der Waals surface area contributed by atoms with Crippen molar-refractivity contribution in [3.63, 3.8) is 0 Å². The van der Waals surface area contributed by atoms with Gasteiger partial charge in [-0.25, -0.2) is 0 Å². The third-order valence-electron chi connectivity index (χ3n) is 3.51. The van der Waals surface area contributed by atoms with Crippen molar-refractivity contribution >= 4 is 10.8 Å². The number of hydrogen-bond donors (Lipinski definition) is 2. The second-order valence-electron chi connectivity index (χ2n) is 4.44. The van der Waals surface area contributed by atoms with Crippen molar-refractivity contribution in [1.29, 1.82) is 0 Å². The Kier molecular flexibility index (Phi) is 2.20. The molecule has 2 nitrogen and oxygen atoms in total. The molecular weight excluding hydrogens is 198 g/mol. The average Bonchev–Trinajstić information content (AvgIpc) is 2.74. The van der Waals surface area contributed by atoms with E-state index in [-0.39, 0.29) is 12.6 Å². The van der Waals surface area contributed by atoms with Crippen molar-refractivity contribution in [2.45, 2.75) is 18.9 Å². The predicted molar refractivity (Wildman–Crippen MR) is 65.4 cm³/mol. The summed E-state index contributed by atoms with van der Waals surface area (Å²) in [6, 6.07) is 10.3. The zero-order valence-corrected chi connectivity index (χ0v) is 9.11. The fourth-order valence-electron chi connectivity index (χ4n) is 2.69. The van der Waals surface area contributed by atoms with Gasteiger partial charge in [0.2, 0.25) is 0 Å². The molecule has 2 aromatic rings. The Bertz CT molecular complexity index is 537. The molecule has 1 atom stereocenters. The first-order chi connectivity index (χ1) is 7.81. The van der Waals surface area contributed by atoms with Crippen LogP contribution in [0.3, 0.4) is 0 Å². The van der Waals surface area contributed by atoms with Gasteiger partial charge in [-0.1, -0.05) is 30.3 Å². The summed E-state index contributed by atoms with van der Waals surface area (Å²) >= 11 is 0. The van der Waals surface area contributed by atoms with Gasteiger partial charge in [0.15, 0.2) is 0 Å². The summed E-state index contributed by atoms with van der Waals surface area (Å²) in [4.78, 5) is 0. The molecule has 0 aliphatic heterocycles. The van der Waals surface area contributed by atoms with Crippen LogP contribution >= 0.6 is 0 Å². The van der Waals surface area contributed by atoms with Gasteiger partial charge in [-0.05, 0) is 40.3 Å². The molecule has 0 heterocycles. The van der Waals surface area contributed by atoms with Crippen LogP contribution in [0.4, 0.5) is 0 Å². The van der Waals surface area contributed by atoms with E-state index in [4.69, 9.17) is 5.73 Å². The van der Waals surface area contributed by atoms with Gasteiger partial charge in [0.25, 0.3) is 0 Å². The highest BCUT2D eigenvalue weighted by Crippen LogP contribution is 2.34. The molecule has 3 rings (SSSR count). The molecule has 0 aromatic heterocycles. The van der Waals surface area contributed by atoms with Gasteiger partial charge in [-0.15, -0.1) is 0 Å². The molecule has 1 aliphatic rings. The summed E-state index contributed by atoms with van der Waals surface area (Å²) in [6.45, 7) is -0.00132. The SMILES string of the molecule is N[C@H](CO)c1ccc2c3c(cccc13)CC2. The van der Waals surface area contributed by atoms with Gasteiger partial charge in [0, 0.05) is 0 Å². The van der Waals surface area contributed by atoms with E-state index in [9.17, 15) is 5.11 Å². The van der Waals surface area contributed by atoms with Crippen molar-refractivity contribution in [1.82, 2.24) is 0 Å². The topological polar surface area (TPSA) is 46.2 Å². The molecule has 0 saturated carbocycles. The van der Waals surface area contributed by atoms with Gasteiger partial charge in [0.05, 0.1) is 12.6 Å². The zero-order chi connectivity index (χ0) is 11.1. The highest BCUT2D eigenvalue weighted by molar-refractivity contribution is 5.93. The maximum atomic E-state index is 9.18. The van der Waals surface area contributed by atoms with E-state index < -0.39 is 0 Å². The molecule has 0 saturated heterocycles. The number of aryl methyl sites for hydroxylation is 2. The lowest BCUT2D eigenvalue weighted by Gasteiger charge is -2.13. The molecule has 2 aromatic carbocycles. The Morgan fingerprint density at radius 2 is 1.88 bits per heavy atom. The first kappa shape index (κ1) is 9.82. The normalized spacial score (nSPS) is 15.6. The Hall–Kier alpha value is -1.38. The first-order valence-corrected chi connectivity index (χ1v) is 5.71. The molecule has 0 bridgehead atoms. The fraction of sp³-hybridized carbons (Fsp3) is 0.286. The van der Waals surface area contributed by atoms with E-state index in [1.807, 2.05) is 0 Å². The van der Waals surface area contributed by atoms with E-state index in [1.54, 1.807) is 0 Å². The number of hydrogen-bond acceptors (Lipinski definition) is 2. The van der Waals surface area contributed by atoms with Crippen LogP contribution in [0.5, 0.6) is 0 Å². The van der Waals surface area contributed by atoms with Crippen molar-refractivity contribution in [2.24, 2.45) is 5.73 Å². The minimum Gasteiger partial charge on any atom is -0.394 e. The van der Waals surface area contributed by atoms with Crippen LogP contribution in [-0.4, -0.2) is 11.7 Å². The predicted octanol–water partition coefficient (Wildman–Crippen LogP) is 1.93. The molecular formula is C14H15NO. The van der Waals surface area contributed by atoms with Crippen molar-refractivity contribution < 1.29 is 5.11 Å². The molecule has 3 N–H and O–H groups in total. The lowest BCUT2D eigenvalue weighted by Crippen LogP contribution is -2.14. The first-order valence-electron chi connectivity index (χ1n) is 5.71. The molecule has 82 valence electrons. The van der Waals surface area contributed by atoms with Crippen LogP contribution in [0.2, 0.25) is 0 Å². The van der Waals surface area contributed by atoms with Gasteiger partial charge in [-0.2, -0.15) is 0 Å². The lowest BCUT2D eigenvalue weighted by molar-refractivity contribution is 0.268. The van der Waals surface area contributed by atoms with E-state index in [2.05, 4.69) is 30.3 Å². The number of benzene rings is 2. The van der Waals surface area contributed by atoms with Crippen LogP contribution in [0.25, 0.3) is 10.8 Å². The summed E-state index contributed by atoms with van der Waals surface area (Å²) in [6.07, 6.45) is 2.26. The molecule has 0 amide bonds. The minimum atomic E-state index is -0.273. The quantitative estimate of drug-likeness (QED) is 0.800. The van der Waals surface area contributed by atoms with Crippen LogP contribution in [-0.2, 0) is 12.8 Å². The average molecular weight is 213 g/mol. The van der Waals surface area contributed by atoms with Gasteiger partial charge in [0.1, 0.15) is 0 Å². The highest BCUT2D eigenvalue weighted by Gasteiger charge is 2.17. The zero-order valence-electron chi connectivity index (χ0n) is 9.11. The largest absolute Gasteiger partial charge is 0.394 e. The van der Waals surface area contributed by atoms with Crippen LogP contribution < -0.4 is 5.73 Å². The minimum absolute atomic E-state index is 0.00132. The van der Waals surface area contributed by atoms with Gasteiger partial charge < -0.3 is 10.8 Å².